The van der Waals surface area contributed by atoms with Crippen LogP contribution >= 0.6 is 0 Å². The molecule has 2 nitrogen and oxygen atoms in total. The zero-order chi connectivity index (χ0) is 15.2. The van der Waals surface area contributed by atoms with Gasteiger partial charge in [0.05, 0.1) is 13.2 Å². The van der Waals surface area contributed by atoms with E-state index >= 15 is 0 Å². The summed E-state index contributed by atoms with van der Waals surface area (Å²) in [5, 5.41) is 0. The van der Waals surface area contributed by atoms with Gasteiger partial charge in [-0.1, -0.05) is 57.6 Å². The van der Waals surface area contributed by atoms with Crippen LogP contribution in [0.15, 0.2) is 12.2 Å². The summed E-state index contributed by atoms with van der Waals surface area (Å²) in [7, 11) is 0. The van der Waals surface area contributed by atoms with Crippen molar-refractivity contribution in [1.29, 1.82) is 0 Å². The fraction of sp³-hybridized carbons (Fsp3) is 0.895. The summed E-state index contributed by atoms with van der Waals surface area (Å²) in [6, 6.07) is 0. The Morgan fingerprint density at radius 3 is 1.90 bits per heavy atom. The standard InChI is InChI=1S/C19H36O2/c1-3-4-5-6-7-8-9-10-11-12-13-14-15-16-19(2)20-17-18-21-19/h10-11H,3-9,12-18H2,1-2H3/b11-10-. The molecule has 1 aliphatic rings. The van der Waals surface area contributed by atoms with Crippen LogP contribution in [0.5, 0.6) is 0 Å². The second-order valence-corrected chi connectivity index (χ2v) is 6.46. The van der Waals surface area contributed by atoms with E-state index in [1.807, 2.05) is 0 Å². The SMILES string of the molecule is CCCCCCCC/C=C\CCCCCC1(C)OCCO1. The molecule has 0 unspecified atom stereocenters. The topological polar surface area (TPSA) is 18.5 Å². The van der Waals surface area contributed by atoms with Crippen LogP contribution in [0.1, 0.15) is 90.9 Å². The highest BCUT2D eigenvalue weighted by atomic mass is 16.7. The number of hydrogen-bond donors (Lipinski definition) is 0. The van der Waals surface area contributed by atoms with Gasteiger partial charge in [-0.3, -0.25) is 0 Å². The molecule has 0 aromatic rings. The van der Waals surface area contributed by atoms with Crippen LogP contribution < -0.4 is 0 Å². The predicted octanol–water partition coefficient (Wildman–Crippen LogP) is 6.01. The second kappa shape index (κ2) is 12.2. The van der Waals surface area contributed by atoms with Gasteiger partial charge in [-0.25, -0.2) is 0 Å². The van der Waals surface area contributed by atoms with E-state index in [9.17, 15) is 0 Å². The van der Waals surface area contributed by atoms with Crippen LogP contribution in [-0.4, -0.2) is 19.0 Å². The summed E-state index contributed by atoms with van der Waals surface area (Å²) in [5.41, 5.74) is 0. The quantitative estimate of drug-likeness (QED) is 0.306. The lowest BCUT2D eigenvalue weighted by Gasteiger charge is -2.21. The fourth-order valence-corrected chi connectivity index (χ4v) is 2.86. The van der Waals surface area contributed by atoms with Crippen LogP contribution in [-0.2, 0) is 9.47 Å². The Kier molecular flexibility index (Phi) is 10.9. The van der Waals surface area contributed by atoms with Crippen LogP contribution in [0.4, 0.5) is 0 Å². The summed E-state index contributed by atoms with van der Waals surface area (Å²) >= 11 is 0. The molecule has 0 saturated carbocycles. The van der Waals surface area contributed by atoms with Crippen molar-refractivity contribution in [3.8, 4) is 0 Å². The maximum Gasteiger partial charge on any atom is 0.165 e. The molecule has 1 rings (SSSR count). The predicted molar refractivity (Wildman–Crippen MR) is 90.5 cm³/mol. The summed E-state index contributed by atoms with van der Waals surface area (Å²) in [4.78, 5) is 0. The van der Waals surface area contributed by atoms with Crippen molar-refractivity contribution < 1.29 is 9.47 Å². The highest BCUT2D eigenvalue weighted by Crippen LogP contribution is 2.25. The average Bonchev–Trinajstić information content (AvgIpc) is 2.91. The van der Waals surface area contributed by atoms with E-state index in [2.05, 4.69) is 26.0 Å². The van der Waals surface area contributed by atoms with E-state index in [0.717, 1.165) is 19.6 Å². The Hall–Kier alpha value is -0.340. The molecule has 0 aromatic carbocycles. The summed E-state index contributed by atoms with van der Waals surface area (Å²) in [6.45, 7) is 5.87. The first-order valence-electron chi connectivity index (χ1n) is 9.20. The minimum atomic E-state index is -0.284. The van der Waals surface area contributed by atoms with Gasteiger partial charge in [0, 0.05) is 6.42 Å². The van der Waals surface area contributed by atoms with Crippen LogP contribution in [0.3, 0.4) is 0 Å². The van der Waals surface area contributed by atoms with Crippen molar-refractivity contribution in [3.05, 3.63) is 12.2 Å². The van der Waals surface area contributed by atoms with Crippen LogP contribution in [0, 0.1) is 0 Å². The summed E-state index contributed by atoms with van der Waals surface area (Å²) in [5.74, 6) is -0.284. The minimum Gasteiger partial charge on any atom is -0.348 e. The van der Waals surface area contributed by atoms with Gasteiger partial charge in [-0.15, -0.1) is 0 Å². The van der Waals surface area contributed by atoms with Gasteiger partial charge in [0.1, 0.15) is 0 Å². The maximum absolute atomic E-state index is 5.61. The third-order valence-corrected chi connectivity index (χ3v) is 4.29. The largest absolute Gasteiger partial charge is 0.348 e. The lowest BCUT2D eigenvalue weighted by Crippen LogP contribution is -2.24. The van der Waals surface area contributed by atoms with E-state index < -0.39 is 0 Å². The Morgan fingerprint density at radius 2 is 1.29 bits per heavy atom. The average molecular weight is 296 g/mol. The van der Waals surface area contributed by atoms with Crippen molar-refractivity contribution in [2.24, 2.45) is 0 Å². The molecule has 2 heteroatoms. The maximum atomic E-state index is 5.61. The third kappa shape index (κ3) is 10.1. The minimum absolute atomic E-state index is 0.284. The first-order chi connectivity index (χ1) is 10.3. The van der Waals surface area contributed by atoms with Crippen LogP contribution in [0.25, 0.3) is 0 Å². The highest BCUT2D eigenvalue weighted by molar-refractivity contribution is 4.81. The number of ether oxygens (including phenoxy) is 2. The Morgan fingerprint density at radius 1 is 0.762 bits per heavy atom. The van der Waals surface area contributed by atoms with Crippen LogP contribution in [0.2, 0.25) is 0 Å². The van der Waals surface area contributed by atoms with Gasteiger partial charge in [0.15, 0.2) is 5.79 Å². The molecule has 0 spiro atoms. The van der Waals surface area contributed by atoms with E-state index in [1.54, 1.807) is 0 Å². The molecule has 0 radical (unpaired) electrons. The Labute approximate surface area is 132 Å². The van der Waals surface area contributed by atoms with E-state index in [4.69, 9.17) is 9.47 Å². The van der Waals surface area contributed by atoms with Gasteiger partial charge < -0.3 is 9.47 Å². The number of allylic oxidation sites excluding steroid dienone is 2. The van der Waals surface area contributed by atoms with E-state index in [0.29, 0.717) is 0 Å². The summed E-state index contributed by atoms with van der Waals surface area (Å²) < 4.78 is 11.2. The molecule has 0 bridgehead atoms. The van der Waals surface area contributed by atoms with Crippen molar-refractivity contribution in [1.82, 2.24) is 0 Å². The molecule has 1 heterocycles. The fourth-order valence-electron chi connectivity index (χ4n) is 2.86. The first kappa shape index (κ1) is 18.7. The Balaban J connectivity index is 1.80. The van der Waals surface area contributed by atoms with Gasteiger partial charge >= 0.3 is 0 Å². The molecule has 0 amide bonds. The zero-order valence-electron chi connectivity index (χ0n) is 14.4. The number of unbranched alkanes of at least 4 members (excludes halogenated alkanes) is 9. The van der Waals surface area contributed by atoms with Gasteiger partial charge in [0.25, 0.3) is 0 Å². The van der Waals surface area contributed by atoms with E-state index in [1.165, 1.54) is 70.6 Å². The molecule has 0 aliphatic carbocycles. The molecule has 0 atom stereocenters. The van der Waals surface area contributed by atoms with Crippen molar-refractivity contribution in [2.75, 3.05) is 13.2 Å². The molecule has 1 aliphatic heterocycles. The Bertz CT molecular complexity index is 254. The third-order valence-electron chi connectivity index (χ3n) is 4.29. The molecule has 0 N–H and O–H groups in total. The highest BCUT2D eigenvalue weighted by Gasteiger charge is 2.29. The molecule has 0 aromatic heterocycles. The normalized spacial score (nSPS) is 17.8. The molecule has 1 saturated heterocycles. The van der Waals surface area contributed by atoms with Gasteiger partial charge in [-0.05, 0) is 39.0 Å². The monoisotopic (exact) mass is 296 g/mol. The first-order valence-corrected chi connectivity index (χ1v) is 9.20. The molecular weight excluding hydrogens is 260 g/mol. The van der Waals surface area contributed by atoms with Crippen molar-refractivity contribution in [3.63, 3.8) is 0 Å². The van der Waals surface area contributed by atoms with Crippen molar-refractivity contribution in [2.45, 2.75) is 96.7 Å². The van der Waals surface area contributed by atoms with Crippen molar-refractivity contribution >= 4 is 0 Å². The van der Waals surface area contributed by atoms with Gasteiger partial charge in [-0.2, -0.15) is 0 Å². The second-order valence-electron chi connectivity index (χ2n) is 6.46. The number of rotatable bonds is 13. The van der Waals surface area contributed by atoms with Gasteiger partial charge in [0.2, 0.25) is 0 Å². The summed E-state index contributed by atoms with van der Waals surface area (Å²) in [6.07, 6.45) is 20.4. The molecule has 1 fully saturated rings. The number of hydrogen-bond acceptors (Lipinski definition) is 2. The van der Waals surface area contributed by atoms with E-state index in [-0.39, 0.29) is 5.79 Å². The molecular formula is C19H36O2. The lowest BCUT2D eigenvalue weighted by molar-refractivity contribution is -0.147. The molecule has 124 valence electrons. The lowest BCUT2D eigenvalue weighted by atomic mass is 10.1. The zero-order valence-corrected chi connectivity index (χ0v) is 14.4. The smallest absolute Gasteiger partial charge is 0.165 e. The molecule has 21 heavy (non-hydrogen) atoms.